The molecule has 0 saturated heterocycles. The van der Waals surface area contributed by atoms with Gasteiger partial charge in [0.1, 0.15) is 10.7 Å². The van der Waals surface area contributed by atoms with Gasteiger partial charge in [0.05, 0.1) is 23.7 Å². The minimum atomic E-state index is -0.611. The van der Waals surface area contributed by atoms with Gasteiger partial charge in [0.25, 0.3) is 0 Å². The number of furan rings is 1. The van der Waals surface area contributed by atoms with E-state index in [1.807, 2.05) is 37.4 Å². The van der Waals surface area contributed by atoms with Crippen molar-refractivity contribution in [2.75, 3.05) is 0 Å². The molecule has 0 fully saturated rings. The van der Waals surface area contributed by atoms with Gasteiger partial charge in [-0.2, -0.15) is 5.10 Å². The molecule has 4 aromatic rings. The number of thiazole rings is 1. The van der Waals surface area contributed by atoms with Crippen molar-refractivity contribution in [3.63, 3.8) is 0 Å². The van der Waals surface area contributed by atoms with Crippen LogP contribution >= 0.6 is 11.3 Å². The van der Waals surface area contributed by atoms with Gasteiger partial charge >= 0.3 is 5.88 Å². The summed E-state index contributed by atoms with van der Waals surface area (Å²) in [5.41, 5.74) is 4.41. The lowest BCUT2D eigenvalue weighted by Crippen LogP contribution is -2.11. The van der Waals surface area contributed by atoms with Crippen molar-refractivity contribution < 1.29 is 13.7 Å². The summed E-state index contributed by atoms with van der Waals surface area (Å²) in [5, 5.41) is 17.2. The standard InChI is InChI=1S/C22H17FN4O3S/c1-14-3-9-19(15(2)11-14)25-22-26(24-12-18-8-10-21(30-18)27(28)29)20(13-31-22)16-4-6-17(23)7-5-16/h3-13H,1-2H3. The van der Waals surface area contributed by atoms with Crippen molar-refractivity contribution in [1.82, 2.24) is 4.68 Å². The molecule has 4 rings (SSSR count). The second-order valence-electron chi connectivity index (χ2n) is 6.80. The first kappa shape index (κ1) is 20.4. The first-order chi connectivity index (χ1) is 14.9. The van der Waals surface area contributed by atoms with Crippen LogP contribution in [0.1, 0.15) is 16.9 Å². The molecule has 0 amide bonds. The molecular weight excluding hydrogens is 419 g/mol. The molecule has 2 heterocycles. The summed E-state index contributed by atoms with van der Waals surface area (Å²) in [4.78, 5) is 15.6. The molecule has 0 bridgehead atoms. The van der Waals surface area contributed by atoms with Crippen molar-refractivity contribution >= 4 is 29.1 Å². The number of halogens is 1. The minimum absolute atomic E-state index is 0.230. The maximum atomic E-state index is 13.4. The summed E-state index contributed by atoms with van der Waals surface area (Å²) in [6.07, 6.45) is 1.38. The van der Waals surface area contributed by atoms with E-state index in [1.54, 1.807) is 16.8 Å². The van der Waals surface area contributed by atoms with Gasteiger partial charge in [0.2, 0.25) is 4.80 Å². The molecule has 2 aromatic carbocycles. The number of aryl methyl sites for hydroxylation is 2. The Kier molecular flexibility index (Phi) is 5.59. The molecule has 0 aliphatic carbocycles. The van der Waals surface area contributed by atoms with Crippen LogP contribution in [0.25, 0.3) is 11.3 Å². The highest BCUT2D eigenvalue weighted by Crippen LogP contribution is 2.23. The lowest BCUT2D eigenvalue weighted by molar-refractivity contribution is -0.402. The van der Waals surface area contributed by atoms with Crippen LogP contribution in [0, 0.1) is 29.8 Å². The Morgan fingerprint density at radius 2 is 1.90 bits per heavy atom. The molecule has 2 aromatic heterocycles. The predicted octanol–water partition coefficient (Wildman–Crippen LogP) is 5.59. The van der Waals surface area contributed by atoms with Crippen molar-refractivity contribution in [3.8, 4) is 11.3 Å². The Bertz CT molecular complexity index is 1350. The van der Waals surface area contributed by atoms with E-state index in [9.17, 15) is 14.5 Å². The van der Waals surface area contributed by atoms with Gasteiger partial charge in [-0.3, -0.25) is 10.1 Å². The van der Waals surface area contributed by atoms with E-state index in [0.717, 1.165) is 22.4 Å². The fraction of sp³-hybridized carbons (Fsp3) is 0.0909. The van der Waals surface area contributed by atoms with Crippen LogP contribution in [-0.4, -0.2) is 15.8 Å². The van der Waals surface area contributed by atoms with Crippen molar-refractivity contribution in [2.24, 2.45) is 10.1 Å². The second kappa shape index (κ2) is 8.49. The first-order valence-electron chi connectivity index (χ1n) is 9.28. The number of hydrogen-bond acceptors (Lipinski definition) is 6. The average molecular weight is 436 g/mol. The molecule has 0 saturated carbocycles. The quantitative estimate of drug-likeness (QED) is 0.232. The Labute approximate surface area is 180 Å². The van der Waals surface area contributed by atoms with Crippen molar-refractivity contribution in [2.45, 2.75) is 13.8 Å². The van der Waals surface area contributed by atoms with Gasteiger partial charge in [-0.1, -0.05) is 17.7 Å². The Hall–Kier alpha value is -3.85. The Balaban J connectivity index is 1.83. The largest absolute Gasteiger partial charge is 0.433 e. The summed E-state index contributed by atoms with van der Waals surface area (Å²) in [6, 6.07) is 14.7. The number of aromatic nitrogens is 1. The van der Waals surface area contributed by atoms with Gasteiger partial charge in [0, 0.05) is 10.9 Å². The van der Waals surface area contributed by atoms with E-state index in [0.29, 0.717) is 10.5 Å². The molecular formula is C22H17FN4O3S. The van der Waals surface area contributed by atoms with E-state index in [2.05, 4.69) is 5.10 Å². The number of rotatable bonds is 5. The van der Waals surface area contributed by atoms with Crippen LogP contribution in [0.3, 0.4) is 0 Å². The van der Waals surface area contributed by atoms with Gasteiger partial charge in [-0.25, -0.2) is 14.1 Å². The Morgan fingerprint density at radius 1 is 1.13 bits per heavy atom. The van der Waals surface area contributed by atoms with Gasteiger partial charge in [0.15, 0.2) is 5.76 Å². The highest BCUT2D eigenvalue weighted by Gasteiger charge is 2.12. The highest BCUT2D eigenvalue weighted by atomic mass is 32.1. The third kappa shape index (κ3) is 4.51. The molecule has 7 nitrogen and oxygen atoms in total. The molecule has 0 unspecified atom stereocenters. The van der Waals surface area contributed by atoms with E-state index in [4.69, 9.17) is 9.41 Å². The zero-order valence-electron chi connectivity index (χ0n) is 16.7. The zero-order valence-corrected chi connectivity index (χ0v) is 17.5. The van der Waals surface area contributed by atoms with Crippen LogP contribution in [0.4, 0.5) is 16.0 Å². The van der Waals surface area contributed by atoms with Crippen molar-refractivity contribution in [1.29, 1.82) is 0 Å². The number of hydrogen-bond donors (Lipinski definition) is 0. The third-order valence-electron chi connectivity index (χ3n) is 4.49. The fourth-order valence-electron chi connectivity index (χ4n) is 2.97. The molecule has 31 heavy (non-hydrogen) atoms. The average Bonchev–Trinajstić information content (AvgIpc) is 3.36. The summed E-state index contributed by atoms with van der Waals surface area (Å²) in [5.74, 6) is -0.472. The van der Waals surface area contributed by atoms with E-state index < -0.39 is 4.92 Å². The maximum Gasteiger partial charge on any atom is 0.433 e. The molecule has 0 spiro atoms. The number of benzene rings is 2. The molecule has 0 radical (unpaired) electrons. The fourth-order valence-corrected chi connectivity index (χ4v) is 3.82. The molecule has 9 heteroatoms. The topological polar surface area (TPSA) is 85.9 Å². The van der Waals surface area contributed by atoms with Crippen LogP contribution in [0.15, 0.2) is 74.5 Å². The normalized spacial score (nSPS) is 12.0. The SMILES string of the molecule is Cc1ccc(N=c2scc(-c3ccc(F)cc3)n2N=Cc2ccc([N+](=O)[O-])o2)c(C)c1. The number of nitro groups is 1. The van der Waals surface area contributed by atoms with E-state index >= 15 is 0 Å². The van der Waals surface area contributed by atoms with Crippen molar-refractivity contribution in [3.05, 3.63) is 97.6 Å². The monoisotopic (exact) mass is 436 g/mol. The maximum absolute atomic E-state index is 13.4. The molecule has 156 valence electrons. The van der Waals surface area contributed by atoms with Crippen LogP contribution in [0.2, 0.25) is 0 Å². The molecule has 0 N–H and O–H groups in total. The molecule has 0 atom stereocenters. The summed E-state index contributed by atoms with van der Waals surface area (Å²) >= 11 is 1.38. The lowest BCUT2D eigenvalue weighted by Gasteiger charge is -2.04. The van der Waals surface area contributed by atoms with Gasteiger partial charge in [-0.15, -0.1) is 11.3 Å². The third-order valence-corrected chi connectivity index (χ3v) is 5.30. The minimum Gasteiger partial charge on any atom is -0.400 e. The molecule has 0 aliphatic heterocycles. The van der Waals surface area contributed by atoms with Gasteiger partial charge in [-0.05, 0) is 55.8 Å². The van der Waals surface area contributed by atoms with Gasteiger partial charge < -0.3 is 4.42 Å². The zero-order chi connectivity index (χ0) is 22.0. The summed E-state index contributed by atoms with van der Waals surface area (Å²) < 4.78 is 20.1. The number of nitrogens with zero attached hydrogens (tertiary/aromatic N) is 4. The summed E-state index contributed by atoms with van der Waals surface area (Å²) in [7, 11) is 0. The molecule has 0 aliphatic rings. The predicted molar refractivity (Wildman–Crippen MR) is 117 cm³/mol. The van der Waals surface area contributed by atoms with Crippen LogP contribution in [-0.2, 0) is 0 Å². The second-order valence-corrected chi connectivity index (χ2v) is 7.64. The van der Waals surface area contributed by atoms with E-state index in [1.165, 1.54) is 41.8 Å². The van der Waals surface area contributed by atoms with Crippen LogP contribution < -0.4 is 4.80 Å². The van der Waals surface area contributed by atoms with Crippen LogP contribution in [0.5, 0.6) is 0 Å². The summed E-state index contributed by atoms with van der Waals surface area (Å²) in [6.45, 7) is 4.00. The van der Waals surface area contributed by atoms with E-state index in [-0.39, 0.29) is 17.5 Å². The Morgan fingerprint density at radius 3 is 2.58 bits per heavy atom. The smallest absolute Gasteiger partial charge is 0.400 e. The highest BCUT2D eigenvalue weighted by molar-refractivity contribution is 7.07. The lowest BCUT2D eigenvalue weighted by atomic mass is 10.1. The first-order valence-corrected chi connectivity index (χ1v) is 10.2.